The smallest absolute Gasteiger partial charge is 0.225 e. The highest BCUT2D eigenvalue weighted by Gasteiger charge is 2.32. The van der Waals surface area contributed by atoms with Crippen LogP contribution >= 0.6 is 0 Å². The van der Waals surface area contributed by atoms with Gasteiger partial charge < -0.3 is 10.2 Å². The van der Waals surface area contributed by atoms with E-state index in [1.807, 2.05) is 29.4 Å². The molecule has 0 bridgehead atoms. The summed E-state index contributed by atoms with van der Waals surface area (Å²) < 4.78 is 13.7. The van der Waals surface area contributed by atoms with Crippen LogP contribution in [-0.2, 0) is 22.7 Å². The number of benzene rings is 1. The number of piperidine rings is 2. The Morgan fingerprint density at radius 3 is 2.28 bits per heavy atom. The van der Waals surface area contributed by atoms with Gasteiger partial charge in [0.15, 0.2) is 0 Å². The molecule has 0 radical (unpaired) electrons. The van der Waals surface area contributed by atoms with Gasteiger partial charge in [-0.25, -0.2) is 4.39 Å². The van der Waals surface area contributed by atoms with Crippen molar-refractivity contribution in [2.75, 3.05) is 26.2 Å². The average Bonchev–Trinajstić information content (AvgIpc) is 2.84. The molecule has 2 aromatic rings. The predicted molar refractivity (Wildman–Crippen MR) is 120 cm³/mol. The molecule has 2 saturated heterocycles. The molecule has 1 aromatic heterocycles. The first-order chi connectivity index (χ1) is 15.6. The highest BCUT2D eigenvalue weighted by atomic mass is 19.1. The molecule has 1 aromatic carbocycles. The SMILES string of the molecule is O=C(NCc1ccccc1F)C1CCN(C(=O)C2CCN(Cc3ccncc3)CC2)CC1. The number of aromatic nitrogens is 1. The summed E-state index contributed by atoms with van der Waals surface area (Å²) in [6, 6.07) is 10.5. The Balaban J connectivity index is 1.18. The van der Waals surface area contributed by atoms with Crippen molar-refractivity contribution in [3.05, 3.63) is 65.7 Å². The number of rotatable bonds is 6. The van der Waals surface area contributed by atoms with Crippen molar-refractivity contribution in [2.45, 2.75) is 38.8 Å². The molecular weight excluding hydrogens is 407 g/mol. The van der Waals surface area contributed by atoms with Crippen LogP contribution in [0.15, 0.2) is 48.8 Å². The molecular formula is C25H31FN4O2. The van der Waals surface area contributed by atoms with Gasteiger partial charge in [-0.15, -0.1) is 0 Å². The quantitative estimate of drug-likeness (QED) is 0.753. The second-order valence-electron chi connectivity index (χ2n) is 8.81. The van der Waals surface area contributed by atoms with Gasteiger partial charge in [0.1, 0.15) is 5.82 Å². The molecule has 170 valence electrons. The Morgan fingerprint density at radius 2 is 1.59 bits per heavy atom. The van der Waals surface area contributed by atoms with Gasteiger partial charge in [-0.2, -0.15) is 0 Å². The lowest BCUT2D eigenvalue weighted by Gasteiger charge is -2.37. The number of carbonyl (C=O) groups excluding carboxylic acids is 2. The van der Waals surface area contributed by atoms with Gasteiger partial charge in [0.05, 0.1) is 0 Å². The molecule has 0 atom stereocenters. The zero-order chi connectivity index (χ0) is 22.3. The summed E-state index contributed by atoms with van der Waals surface area (Å²) in [7, 11) is 0. The predicted octanol–water partition coefficient (Wildman–Crippen LogP) is 2.99. The van der Waals surface area contributed by atoms with Gasteiger partial charge in [-0.05, 0) is 62.5 Å². The molecule has 7 heteroatoms. The fourth-order valence-corrected chi connectivity index (χ4v) is 4.67. The zero-order valence-electron chi connectivity index (χ0n) is 18.4. The number of pyridine rings is 1. The summed E-state index contributed by atoms with van der Waals surface area (Å²) in [6.45, 7) is 4.18. The molecule has 2 amide bonds. The Kier molecular flexibility index (Phi) is 7.47. The summed E-state index contributed by atoms with van der Waals surface area (Å²) in [5, 5.41) is 2.85. The van der Waals surface area contributed by atoms with Crippen molar-refractivity contribution in [1.29, 1.82) is 0 Å². The third-order valence-corrected chi connectivity index (χ3v) is 6.68. The van der Waals surface area contributed by atoms with E-state index in [0.29, 0.717) is 31.5 Å². The lowest BCUT2D eigenvalue weighted by atomic mass is 9.91. The fraction of sp³-hybridized carbons (Fsp3) is 0.480. The number of nitrogens with zero attached hydrogens (tertiary/aromatic N) is 3. The Bertz CT molecular complexity index is 907. The van der Waals surface area contributed by atoms with E-state index in [9.17, 15) is 14.0 Å². The van der Waals surface area contributed by atoms with Crippen molar-refractivity contribution in [3.8, 4) is 0 Å². The maximum atomic E-state index is 13.7. The van der Waals surface area contributed by atoms with Crippen molar-refractivity contribution < 1.29 is 14.0 Å². The molecule has 0 saturated carbocycles. The summed E-state index contributed by atoms with van der Waals surface area (Å²) in [5.41, 5.74) is 1.74. The van der Waals surface area contributed by atoms with E-state index in [-0.39, 0.29) is 36.0 Å². The van der Waals surface area contributed by atoms with Gasteiger partial charge in [-0.3, -0.25) is 19.5 Å². The number of amides is 2. The minimum Gasteiger partial charge on any atom is -0.352 e. The molecule has 3 heterocycles. The minimum absolute atomic E-state index is 0.0511. The summed E-state index contributed by atoms with van der Waals surface area (Å²) >= 11 is 0. The topological polar surface area (TPSA) is 65.5 Å². The molecule has 0 aliphatic carbocycles. The average molecular weight is 439 g/mol. The van der Waals surface area contributed by atoms with E-state index in [4.69, 9.17) is 0 Å². The molecule has 0 spiro atoms. The first-order valence-corrected chi connectivity index (χ1v) is 11.5. The van der Waals surface area contributed by atoms with Crippen LogP contribution in [0.5, 0.6) is 0 Å². The van der Waals surface area contributed by atoms with Crippen LogP contribution in [0.3, 0.4) is 0 Å². The number of halogens is 1. The molecule has 0 unspecified atom stereocenters. The molecule has 4 rings (SSSR count). The largest absolute Gasteiger partial charge is 0.352 e. The van der Waals surface area contributed by atoms with Crippen LogP contribution in [0.25, 0.3) is 0 Å². The van der Waals surface area contributed by atoms with E-state index in [2.05, 4.69) is 15.2 Å². The number of hydrogen-bond donors (Lipinski definition) is 1. The molecule has 6 nitrogen and oxygen atoms in total. The second-order valence-corrected chi connectivity index (χ2v) is 8.81. The molecule has 2 aliphatic rings. The van der Waals surface area contributed by atoms with E-state index >= 15 is 0 Å². The van der Waals surface area contributed by atoms with Crippen LogP contribution < -0.4 is 5.32 Å². The highest BCUT2D eigenvalue weighted by molar-refractivity contribution is 5.81. The molecule has 2 fully saturated rings. The van der Waals surface area contributed by atoms with Gasteiger partial charge >= 0.3 is 0 Å². The highest BCUT2D eigenvalue weighted by Crippen LogP contribution is 2.25. The Hall–Kier alpha value is -2.80. The molecule has 1 N–H and O–H groups in total. The minimum atomic E-state index is -0.306. The van der Waals surface area contributed by atoms with E-state index in [1.54, 1.807) is 18.2 Å². The molecule has 32 heavy (non-hydrogen) atoms. The standard InChI is InChI=1S/C25H31FN4O2/c26-23-4-2-1-3-22(23)17-28-24(31)20-9-15-30(16-10-20)25(32)21-7-13-29(14-8-21)18-19-5-11-27-12-6-19/h1-6,11-12,20-21H,7-10,13-18H2,(H,28,31). The third kappa shape index (κ3) is 5.71. The lowest BCUT2D eigenvalue weighted by Crippen LogP contribution is -2.47. The number of nitrogens with one attached hydrogen (secondary N) is 1. The number of carbonyl (C=O) groups is 2. The number of hydrogen-bond acceptors (Lipinski definition) is 4. The summed E-state index contributed by atoms with van der Waals surface area (Å²) in [4.78, 5) is 33.9. The van der Waals surface area contributed by atoms with Gasteiger partial charge in [-0.1, -0.05) is 18.2 Å². The van der Waals surface area contributed by atoms with E-state index in [1.165, 1.54) is 11.6 Å². The van der Waals surface area contributed by atoms with Crippen LogP contribution in [0.1, 0.15) is 36.8 Å². The maximum absolute atomic E-state index is 13.7. The van der Waals surface area contributed by atoms with Crippen molar-refractivity contribution >= 4 is 11.8 Å². The monoisotopic (exact) mass is 438 g/mol. The van der Waals surface area contributed by atoms with Crippen molar-refractivity contribution in [2.24, 2.45) is 11.8 Å². The van der Waals surface area contributed by atoms with Crippen LogP contribution in [-0.4, -0.2) is 52.8 Å². The first kappa shape index (κ1) is 22.4. The second kappa shape index (κ2) is 10.7. The summed E-state index contributed by atoms with van der Waals surface area (Å²) in [6.07, 6.45) is 6.72. The van der Waals surface area contributed by atoms with Gasteiger partial charge in [0, 0.05) is 56.0 Å². The van der Waals surface area contributed by atoms with E-state index < -0.39 is 0 Å². The molecule has 2 aliphatic heterocycles. The van der Waals surface area contributed by atoms with Crippen LogP contribution in [0.4, 0.5) is 4.39 Å². The van der Waals surface area contributed by atoms with Crippen molar-refractivity contribution in [3.63, 3.8) is 0 Å². The van der Waals surface area contributed by atoms with Crippen LogP contribution in [0, 0.1) is 17.7 Å². The normalized spacial score (nSPS) is 18.5. The van der Waals surface area contributed by atoms with Gasteiger partial charge in [0.25, 0.3) is 0 Å². The van der Waals surface area contributed by atoms with Gasteiger partial charge in [0.2, 0.25) is 11.8 Å². The first-order valence-electron chi connectivity index (χ1n) is 11.5. The summed E-state index contributed by atoms with van der Waals surface area (Å²) in [5.74, 6) is -0.160. The Labute approximate surface area is 188 Å². The number of likely N-dealkylation sites (tertiary alicyclic amines) is 2. The van der Waals surface area contributed by atoms with Crippen molar-refractivity contribution in [1.82, 2.24) is 20.1 Å². The maximum Gasteiger partial charge on any atom is 0.225 e. The lowest BCUT2D eigenvalue weighted by molar-refractivity contribution is -0.140. The van der Waals surface area contributed by atoms with E-state index in [0.717, 1.165) is 32.5 Å². The van der Waals surface area contributed by atoms with Crippen LogP contribution in [0.2, 0.25) is 0 Å². The Morgan fingerprint density at radius 1 is 0.938 bits per heavy atom. The zero-order valence-corrected chi connectivity index (χ0v) is 18.4. The third-order valence-electron chi connectivity index (χ3n) is 6.68. The fourth-order valence-electron chi connectivity index (χ4n) is 4.67.